The first kappa shape index (κ1) is 12.3. The average Bonchev–Trinajstić information content (AvgIpc) is 2.77. The third-order valence-electron chi connectivity index (χ3n) is 2.98. The van der Waals surface area contributed by atoms with Crippen LogP contribution in [0.1, 0.15) is 25.7 Å². The number of aliphatic hydroxyl groups is 1. The Morgan fingerprint density at radius 3 is 2.59 bits per heavy atom. The van der Waals surface area contributed by atoms with Gasteiger partial charge in [-0.15, -0.1) is 0 Å². The van der Waals surface area contributed by atoms with Gasteiger partial charge in [0, 0.05) is 12.6 Å². The summed E-state index contributed by atoms with van der Waals surface area (Å²) in [6.45, 7) is 0.546. The van der Waals surface area contributed by atoms with Crippen LogP contribution in [0.15, 0.2) is 0 Å². The van der Waals surface area contributed by atoms with E-state index >= 15 is 0 Å². The Morgan fingerprint density at radius 2 is 2.00 bits per heavy atom. The summed E-state index contributed by atoms with van der Waals surface area (Å²) in [6.07, 6.45) is 4.56. The molecule has 1 saturated carbocycles. The molecule has 0 bridgehead atoms. The van der Waals surface area contributed by atoms with Gasteiger partial charge in [0.15, 0.2) is 0 Å². The molecule has 0 unspecified atom stereocenters. The first-order valence-electron chi connectivity index (χ1n) is 5.75. The summed E-state index contributed by atoms with van der Waals surface area (Å²) in [7, 11) is 0. The van der Waals surface area contributed by atoms with Gasteiger partial charge in [0.05, 0.1) is 6.61 Å². The fourth-order valence-electron chi connectivity index (χ4n) is 2.25. The Kier molecular flexibility index (Phi) is 3.96. The second kappa shape index (κ2) is 5.46. The summed E-state index contributed by atoms with van der Waals surface area (Å²) in [5.41, 5.74) is 5.56. The fraction of sp³-hybridized carbons (Fsp3) is 0.700. The van der Waals surface area contributed by atoms with Crippen LogP contribution < -0.4 is 10.6 Å². The molecular weight excluding hydrogens is 242 g/mol. The lowest BCUT2D eigenvalue weighted by Crippen LogP contribution is -2.37. The van der Waals surface area contributed by atoms with Crippen LogP contribution in [0.4, 0.5) is 11.9 Å². The first-order chi connectivity index (χ1) is 8.20. The molecular formula is C10H16ClN5O. The van der Waals surface area contributed by atoms with Crippen molar-refractivity contribution in [3.8, 4) is 0 Å². The van der Waals surface area contributed by atoms with E-state index in [1.54, 1.807) is 0 Å². The largest absolute Gasteiger partial charge is 0.395 e. The fourth-order valence-corrected chi connectivity index (χ4v) is 2.41. The molecule has 0 atom stereocenters. The minimum atomic E-state index is 0.0553. The van der Waals surface area contributed by atoms with Crippen LogP contribution >= 0.6 is 11.6 Å². The lowest BCUT2D eigenvalue weighted by molar-refractivity contribution is 0.296. The SMILES string of the molecule is Nc1nc(Cl)nc(N(CCO)C2CCCC2)n1. The van der Waals surface area contributed by atoms with Gasteiger partial charge in [-0.05, 0) is 24.4 Å². The van der Waals surface area contributed by atoms with Crippen molar-refractivity contribution in [3.63, 3.8) is 0 Å². The van der Waals surface area contributed by atoms with Crippen LogP contribution in [0, 0.1) is 0 Å². The van der Waals surface area contributed by atoms with Crippen LogP contribution in [0.3, 0.4) is 0 Å². The maximum Gasteiger partial charge on any atom is 0.231 e. The highest BCUT2D eigenvalue weighted by molar-refractivity contribution is 6.28. The van der Waals surface area contributed by atoms with E-state index in [0.29, 0.717) is 18.5 Å². The summed E-state index contributed by atoms with van der Waals surface area (Å²) in [6, 6.07) is 0.361. The number of hydrogen-bond acceptors (Lipinski definition) is 6. The van der Waals surface area contributed by atoms with Gasteiger partial charge < -0.3 is 15.7 Å². The Morgan fingerprint density at radius 1 is 1.29 bits per heavy atom. The molecule has 17 heavy (non-hydrogen) atoms. The number of aliphatic hydroxyl groups excluding tert-OH is 1. The van der Waals surface area contributed by atoms with Gasteiger partial charge in [0.2, 0.25) is 17.2 Å². The van der Waals surface area contributed by atoms with Gasteiger partial charge in [-0.2, -0.15) is 15.0 Å². The Hall–Kier alpha value is -1.14. The van der Waals surface area contributed by atoms with Gasteiger partial charge in [-0.1, -0.05) is 12.8 Å². The predicted octanol–water partition coefficient (Wildman–Crippen LogP) is 0.848. The van der Waals surface area contributed by atoms with Crippen molar-refractivity contribution >= 4 is 23.5 Å². The third kappa shape index (κ3) is 2.95. The van der Waals surface area contributed by atoms with Crippen LogP contribution in [0.5, 0.6) is 0 Å². The highest BCUT2D eigenvalue weighted by atomic mass is 35.5. The molecule has 1 fully saturated rings. The minimum Gasteiger partial charge on any atom is -0.395 e. The molecule has 0 aliphatic heterocycles. The zero-order valence-electron chi connectivity index (χ0n) is 9.51. The van der Waals surface area contributed by atoms with Crippen molar-refractivity contribution in [2.45, 2.75) is 31.7 Å². The Balaban J connectivity index is 2.24. The Bertz CT molecular complexity index is 363. The first-order valence-corrected chi connectivity index (χ1v) is 6.13. The molecule has 3 N–H and O–H groups in total. The minimum absolute atomic E-state index is 0.0553. The number of anilines is 2. The topological polar surface area (TPSA) is 88.2 Å². The van der Waals surface area contributed by atoms with Crippen LogP contribution in [0.25, 0.3) is 0 Å². The molecule has 6 nitrogen and oxygen atoms in total. The molecule has 2 rings (SSSR count). The molecule has 0 aromatic carbocycles. The van der Waals surface area contributed by atoms with Crippen molar-refractivity contribution < 1.29 is 5.11 Å². The lowest BCUT2D eigenvalue weighted by Gasteiger charge is -2.28. The Labute approximate surface area is 105 Å². The van der Waals surface area contributed by atoms with Gasteiger partial charge in [-0.25, -0.2) is 0 Å². The van der Waals surface area contributed by atoms with Crippen molar-refractivity contribution in [3.05, 3.63) is 5.28 Å². The van der Waals surface area contributed by atoms with Crippen molar-refractivity contribution in [1.29, 1.82) is 0 Å². The summed E-state index contributed by atoms with van der Waals surface area (Å²) >= 11 is 5.77. The highest BCUT2D eigenvalue weighted by Gasteiger charge is 2.24. The van der Waals surface area contributed by atoms with Crippen LogP contribution in [-0.4, -0.2) is 39.3 Å². The average molecular weight is 258 g/mol. The van der Waals surface area contributed by atoms with E-state index in [1.165, 1.54) is 12.8 Å². The van der Waals surface area contributed by atoms with Gasteiger partial charge >= 0.3 is 0 Å². The molecule has 1 aliphatic rings. The van der Waals surface area contributed by atoms with E-state index in [0.717, 1.165) is 12.8 Å². The number of aromatic nitrogens is 3. The number of rotatable bonds is 4. The summed E-state index contributed by atoms with van der Waals surface area (Å²) in [5, 5.41) is 9.21. The van der Waals surface area contributed by atoms with E-state index in [2.05, 4.69) is 15.0 Å². The van der Waals surface area contributed by atoms with E-state index < -0.39 is 0 Å². The normalized spacial score (nSPS) is 16.4. The van der Waals surface area contributed by atoms with Crippen molar-refractivity contribution in [2.24, 2.45) is 0 Å². The van der Waals surface area contributed by atoms with E-state index in [-0.39, 0.29) is 17.8 Å². The van der Waals surface area contributed by atoms with E-state index in [4.69, 9.17) is 22.4 Å². The van der Waals surface area contributed by atoms with Crippen molar-refractivity contribution in [1.82, 2.24) is 15.0 Å². The summed E-state index contributed by atoms with van der Waals surface area (Å²) < 4.78 is 0. The van der Waals surface area contributed by atoms with Gasteiger partial charge in [0.25, 0.3) is 0 Å². The van der Waals surface area contributed by atoms with E-state index in [9.17, 15) is 0 Å². The zero-order chi connectivity index (χ0) is 12.3. The summed E-state index contributed by atoms with van der Waals surface area (Å²) in [4.78, 5) is 13.9. The smallest absolute Gasteiger partial charge is 0.231 e. The molecule has 0 radical (unpaired) electrons. The zero-order valence-corrected chi connectivity index (χ0v) is 10.3. The van der Waals surface area contributed by atoms with Crippen LogP contribution in [0.2, 0.25) is 5.28 Å². The number of hydrogen-bond donors (Lipinski definition) is 2. The van der Waals surface area contributed by atoms with Gasteiger partial charge in [-0.3, -0.25) is 0 Å². The monoisotopic (exact) mass is 257 g/mol. The molecule has 1 heterocycles. The lowest BCUT2D eigenvalue weighted by atomic mass is 10.2. The second-order valence-corrected chi connectivity index (χ2v) is 4.46. The predicted molar refractivity (Wildman–Crippen MR) is 65.9 cm³/mol. The molecule has 0 saturated heterocycles. The maximum atomic E-state index is 9.12. The summed E-state index contributed by atoms with van der Waals surface area (Å²) in [5.74, 6) is 0.574. The maximum absolute atomic E-state index is 9.12. The third-order valence-corrected chi connectivity index (χ3v) is 3.15. The molecule has 1 aromatic rings. The highest BCUT2D eigenvalue weighted by Crippen LogP contribution is 2.26. The van der Waals surface area contributed by atoms with Gasteiger partial charge in [0.1, 0.15) is 0 Å². The standard InChI is InChI=1S/C10H16ClN5O/c11-8-13-9(12)15-10(14-8)16(5-6-17)7-3-1-2-4-7/h7,17H,1-6H2,(H2,12,13,14,15). The molecule has 1 aliphatic carbocycles. The molecule has 0 amide bonds. The number of nitrogens with zero attached hydrogens (tertiary/aromatic N) is 4. The molecule has 0 spiro atoms. The van der Waals surface area contributed by atoms with E-state index in [1.807, 2.05) is 4.90 Å². The molecule has 94 valence electrons. The van der Waals surface area contributed by atoms with Crippen molar-refractivity contribution in [2.75, 3.05) is 23.8 Å². The number of halogens is 1. The quantitative estimate of drug-likeness (QED) is 0.831. The van der Waals surface area contributed by atoms with Crippen LogP contribution in [-0.2, 0) is 0 Å². The molecule has 1 aromatic heterocycles. The second-order valence-electron chi connectivity index (χ2n) is 4.12. The molecule has 7 heteroatoms. The number of nitrogen functional groups attached to an aromatic ring is 1. The number of nitrogens with two attached hydrogens (primary N) is 1.